The van der Waals surface area contributed by atoms with E-state index in [4.69, 9.17) is 4.74 Å². The van der Waals surface area contributed by atoms with Crippen LogP contribution in [0.3, 0.4) is 0 Å². The first-order chi connectivity index (χ1) is 21.1. The van der Waals surface area contributed by atoms with Crippen LogP contribution in [0.5, 0.6) is 11.5 Å². The van der Waals surface area contributed by atoms with Gasteiger partial charge in [0.1, 0.15) is 17.3 Å². The highest BCUT2D eigenvalue weighted by Crippen LogP contribution is 2.74. The van der Waals surface area contributed by atoms with Gasteiger partial charge in [-0.1, -0.05) is 24.1 Å². The first kappa shape index (κ1) is 26.6. The summed E-state index contributed by atoms with van der Waals surface area (Å²) in [5, 5.41) is 0. The zero-order valence-electron chi connectivity index (χ0n) is 25.0. The van der Waals surface area contributed by atoms with Crippen molar-refractivity contribution in [2.24, 2.45) is 58.2 Å². The zero-order valence-corrected chi connectivity index (χ0v) is 25.0. The third-order valence-corrected chi connectivity index (χ3v) is 13.2. The molecule has 4 amide bonds. The molecule has 5 saturated carbocycles. The van der Waals surface area contributed by atoms with Crippen molar-refractivity contribution in [2.75, 3.05) is 11.9 Å². The van der Waals surface area contributed by atoms with E-state index in [1.54, 1.807) is 31.3 Å². The molecule has 2 aliphatic heterocycles. The van der Waals surface area contributed by atoms with Gasteiger partial charge in [-0.3, -0.25) is 33.8 Å². The summed E-state index contributed by atoms with van der Waals surface area (Å²) in [7, 11) is 1.58. The fraction of sp³-hybridized carbons (Fsp3) is 0.528. The number of Topliss-reactive ketones (excluding diaryl/α,β-unsaturated/α-hetero) is 1. The Balaban J connectivity index is 0.987. The average Bonchev–Trinajstić information content (AvgIpc) is 3.84. The molecule has 4 bridgehead atoms. The molecule has 2 aromatic carbocycles. The highest BCUT2D eigenvalue weighted by Gasteiger charge is 2.76. The molecule has 10 atom stereocenters. The predicted octanol–water partition coefficient (Wildman–Crippen LogP) is 4.93. The molecule has 8 nitrogen and oxygen atoms in total. The lowest BCUT2D eigenvalue weighted by Gasteiger charge is -2.52. The van der Waals surface area contributed by atoms with Gasteiger partial charge >= 0.3 is 0 Å². The van der Waals surface area contributed by atoms with Crippen molar-refractivity contribution in [1.29, 1.82) is 0 Å². The molecule has 2 aromatic rings. The second kappa shape index (κ2) is 8.67. The fourth-order valence-corrected chi connectivity index (χ4v) is 11.6. The minimum atomic E-state index is -0.612. The number of amides is 4. The number of anilines is 1. The van der Waals surface area contributed by atoms with Gasteiger partial charge in [-0.05, 0) is 106 Å². The summed E-state index contributed by atoms with van der Waals surface area (Å²) in [6.45, 7) is 2.02. The van der Waals surface area contributed by atoms with Crippen molar-refractivity contribution >= 4 is 35.1 Å². The second-order valence-corrected chi connectivity index (χ2v) is 14.9. The smallest absolute Gasteiger partial charge is 0.238 e. The van der Waals surface area contributed by atoms with Crippen molar-refractivity contribution in [3.8, 4) is 11.5 Å². The maximum atomic E-state index is 14.9. The monoisotopic (exact) mass is 592 g/mol. The highest BCUT2D eigenvalue weighted by atomic mass is 16.5. The van der Waals surface area contributed by atoms with Crippen LogP contribution in [0.1, 0.15) is 50.5 Å². The Bertz CT molecular complexity index is 1670. The van der Waals surface area contributed by atoms with E-state index < -0.39 is 16.7 Å². The number of ketones is 1. The molecule has 0 aromatic heterocycles. The Labute approximate surface area is 256 Å². The van der Waals surface area contributed by atoms with E-state index in [0.29, 0.717) is 30.0 Å². The van der Waals surface area contributed by atoms with Crippen molar-refractivity contribution in [1.82, 2.24) is 4.90 Å². The normalized spacial score (nSPS) is 41.5. The summed E-state index contributed by atoms with van der Waals surface area (Å²) >= 11 is 0. The molecule has 0 radical (unpaired) electrons. The molecule has 226 valence electrons. The Kier molecular flexibility index (Phi) is 5.24. The second-order valence-electron chi connectivity index (χ2n) is 14.9. The number of benzene rings is 2. The van der Waals surface area contributed by atoms with E-state index in [0.717, 1.165) is 37.7 Å². The molecule has 5 aliphatic carbocycles. The Morgan fingerprint density at radius 2 is 1.14 bits per heavy atom. The molecule has 2 saturated heterocycles. The van der Waals surface area contributed by atoms with Crippen LogP contribution >= 0.6 is 0 Å². The van der Waals surface area contributed by atoms with Gasteiger partial charge in [-0.2, -0.15) is 0 Å². The summed E-state index contributed by atoms with van der Waals surface area (Å²) in [5.74, 6) is -0.567. The van der Waals surface area contributed by atoms with Gasteiger partial charge in [0.25, 0.3) is 0 Å². The van der Waals surface area contributed by atoms with E-state index in [1.165, 1.54) is 9.80 Å². The van der Waals surface area contributed by atoms with Crippen LogP contribution in [-0.2, 0) is 24.0 Å². The largest absolute Gasteiger partial charge is 0.457 e. The van der Waals surface area contributed by atoms with Gasteiger partial charge < -0.3 is 4.74 Å². The first-order valence-corrected chi connectivity index (χ1v) is 16.2. The van der Waals surface area contributed by atoms with Crippen LogP contribution in [0.4, 0.5) is 5.69 Å². The van der Waals surface area contributed by atoms with Gasteiger partial charge in [-0.25, -0.2) is 0 Å². The highest BCUT2D eigenvalue weighted by molar-refractivity contribution is 6.23. The Morgan fingerprint density at radius 3 is 1.73 bits per heavy atom. The molecule has 0 N–H and O–H groups in total. The molecule has 9 rings (SSSR count). The van der Waals surface area contributed by atoms with Crippen LogP contribution in [0.15, 0.2) is 48.5 Å². The van der Waals surface area contributed by atoms with Crippen molar-refractivity contribution in [3.63, 3.8) is 0 Å². The van der Waals surface area contributed by atoms with Crippen molar-refractivity contribution in [3.05, 3.63) is 54.1 Å². The third-order valence-electron chi connectivity index (χ3n) is 13.2. The first-order valence-electron chi connectivity index (χ1n) is 16.2. The standard InChI is InChI=1S/C36H36N2O6/c1-18-4-8-22(9-5-18)44-23-10-6-21(7-11-23)38-32(41)27-20-15-25(29(27)33(38)42)36(17-20)13-3-12-35(34(36)43)16-19-14-24(35)28-26(19)30(39)37(2)31(28)40/h4-11,19-20,24-29H,3,12-17H2,1-2H3. The molecule has 10 unspecified atom stereocenters. The van der Waals surface area contributed by atoms with E-state index in [1.807, 2.05) is 31.2 Å². The molecule has 2 spiro atoms. The van der Waals surface area contributed by atoms with Crippen molar-refractivity contribution in [2.45, 2.75) is 51.9 Å². The molecular formula is C36H36N2O6. The van der Waals surface area contributed by atoms with Crippen LogP contribution in [-0.4, -0.2) is 41.4 Å². The fourth-order valence-electron chi connectivity index (χ4n) is 11.6. The number of hydrogen-bond donors (Lipinski definition) is 0. The van der Waals surface area contributed by atoms with E-state index >= 15 is 0 Å². The molecular weight excluding hydrogens is 556 g/mol. The number of rotatable bonds is 3. The molecule has 2 heterocycles. The lowest BCUT2D eigenvalue weighted by molar-refractivity contribution is -0.159. The number of carbonyl (C=O) groups is 5. The van der Waals surface area contributed by atoms with Crippen LogP contribution in [0.25, 0.3) is 0 Å². The van der Waals surface area contributed by atoms with Crippen LogP contribution in [0, 0.1) is 65.1 Å². The number of carbonyl (C=O) groups excluding carboxylic acids is 5. The van der Waals surface area contributed by atoms with Crippen LogP contribution < -0.4 is 9.64 Å². The summed E-state index contributed by atoms with van der Waals surface area (Å²) in [6.07, 6.45) is 5.28. The molecule has 8 heteroatoms. The summed E-state index contributed by atoms with van der Waals surface area (Å²) < 4.78 is 5.95. The Morgan fingerprint density at radius 1 is 0.659 bits per heavy atom. The molecule has 44 heavy (non-hydrogen) atoms. The number of imide groups is 2. The lowest BCUT2D eigenvalue weighted by atomic mass is 9.48. The van der Waals surface area contributed by atoms with Gasteiger partial charge in [0.2, 0.25) is 23.6 Å². The lowest BCUT2D eigenvalue weighted by Crippen LogP contribution is -2.56. The van der Waals surface area contributed by atoms with Crippen LogP contribution in [0.2, 0.25) is 0 Å². The maximum absolute atomic E-state index is 14.9. The predicted molar refractivity (Wildman–Crippen MR) is 158 cm³/mol. The van der Waals surface area contributed by atoms with E-state index in [-0.39, 0.29) is 70.8 Å². The van der Waals surface area contributed by atoms with E-state index in [2.05, 4.69) is 0 Å². The van der Waals surface area contributed by atoms with E-state index in [9.17, 15) is 24.0 Å². The third kappa shape index (κ3) is 3.12. The number of ether oxygens (including phenoxy) is 1. The maximum Gasteiger partial charge on any atom is 0.238 e. The quantitative estimate of drug-likeness (QED) is 0.469. The molecule has 7 fully saturated rings. The number of likely N-dealkylation sites (tertiary alicyclic amines) is 1. The average molecular weight is 593 g/mol. The summed E-state index contributed by atoms with van der Waals surface area (Å²) in [6, 6.07) is 14.9. The number of fused-ring (bicyclic) bond motifs is 12. The summed E-state index contributed by atoms with van der Waals surface area (Å²) in [4.78, 5) is 71.6. The van der Waals surface area contributed by atoms with Gasteiger partial charge in [0, 0.05) is 17.9 Å². The Hall–Kier alpha value is -3.81. The minimum absolute atomic E-state index is 0.0156. The SMILES string of the molecule is Cc1ccc(Oc2ccc(N3C(=O)C4C5CC(C4C3=O)C3(CCCC4(CC6CC4C4C(=O)N(C)C(=O)C64)C3=O)C5)cc2)cc1. The van der Waals surface area contributed by atoms with Gasteiger partial charge in [0.05, 0.1) is 29.4 Å². The minimum Gasteiger partial charge on any atom is -0.457 e. The van der Waals surface area contributed by atoms with Gasteiger partial charge in [0.15, 0.2) is 0 Å². The summed E-state index contributed by atoms with van der Waals surface area (Å²) in [5.41, 5.74) is 0.490. The zero-order chi connectivity index (χ0) is 30.3. The van der Waals surface area contributed by atoms with Crippen molar-refractivity contribution < 1.29 is 28.7 Å². The number of hydrogen-bond acceptors (Lipinski definition) is 6. The number of aryl methyl sites for hydroxylation is 1. The topological polar surface area (TPSA) is 101 Å². The molecule has 7 aliphatic rings. The van der Waals surface area contributed by atoms with Gasteiger partial charge in [-0.15, -0.1) is 0 Å². The number of nitrogens with zero attached hydrogens (tertiary/aromatic N) is 2.